The minimum Gasteiger partial charge on any atom is -0.326 e. The van der Waals surface area contributed by atoms with Gasteiger partial charge in [-0.25, -0.2) is 0 Å². The third-order valence-electron chi connectivity index (χ3n) is 2.62. The molecule has 0 aliphatic rings. The molecule has 0 fully saturated rings. The van der Waals surface area contributed by atoms with Crippen LogP contribution in [0.1, 0.15) is 17.3 Å². The molecule has 6 heteroatoms. The van der Waals surface area contributed by atoms with Gasteiger partial charge < -0.3 is 10.6 Å². The van der Waals surface area contributed by atoms with Gasteiger partial charge in [0.1, 0.15) is 0 Å². The highest BCUT2D eigenvalue weighted by Crippen LogP contribution is 2.26. The number of nitrogens with one attached hydrogen (secondary N) is 2. The van der Waals surface area contributed by atoms with Gasteiger partial charge in [-0.2, -0.15) is 0 Å². The zero-order chi connectivity index (χ0) is 15.4. The van der Waals surface area contributed by atoms with E-state index in [4.69, 9.17) is 0 Å². The monoisotopic (exact) mass is 410 g/mol. The van der Waals surface area contributed by atoms with E-state index in [0.717, 1.165) is 8.95 Å². The molecule has 0 saturated carbocycles. The second-order valence-electron chi connectivity index (χ2n) is 4.34. The molecule has 0 aliphatic carbocycles. The standard InChI is InChI=1S/C15H12Br2N2O2/c1-9(20)18-12-4-2-3-10(7-12)15(21)19-14-6-5-11(16)8-13(14)17/h2-8H,1H3,(H,18,20)(H,19,21). The SMILES string of the molecule is CC(=O)Nc1cccc(C(=O)Nc2ccc(Br)cc2Br)c1. The van der Waals surface area contributed by atoms with E-state index in [1.165, 1.54) is 6.92 Å². The number of anilines is 2. The number of carbonyl (C=O) groups excluding carboxylic acids is 2. The number of hydrogen-bond acceptors (Lipinski definition) is 2. The van der Waals surface area contributed by atoms with Crippen LogP contribution in [-0.2, 0) is 4.79 Å². The van der Waals surface area contributed by atoms with Gasteiger partial charge in [-0.3, -0.25) is 9.59 Å². The molecule has 4 nitrogen and oxygen atoms in total. The second kappa shape index (κ2) is 6.87. The number of benzene rings is 2. The first-order valence-corrected chi connectivity index (χ1v) is 7.68. The normalized spacial score (nSPS) is 10.0. The molecule has 2 aromatic carbocycles. The molecular weight excluding hydrogens is 400 g/mol. The highest BCUT2D eigenvalue weighted by molar-refractivity contribution is 9.11. The third kappa shape index (κ3) is 4.41. The Morgan fingerprint density at radius 3 is 2.43 bits per heavy atom. The average Bonchev–Trinajstić information content (AvgIpc) is 2.41. The number of carbonyl (C=O) groups is 2. The van der Waals surface area contributed by atoms with Gasteiger partial charge in [-0.05, 0) is 52.3 Å². The van der Waals surface area contributed by atoms with Crippen molar-refractivity contribution in [3.63, 3.8) is 0 Å². The summed E-state index contributed by atoms with van der Waals surface area (Å²) in [6, 6.07) is 12.3. The molecule has 0 atom stereocenters. The van der Waals surface area contributed by atoms with E-state index in [1.54, 1.807) is 30.3 Å². The van der Waals surface area contributed by atoms with E-state index in [9.17, 15) is 9.59 Å². The molecular formula is C15H12Br2N2O2. The summed E-state index contributed by atoms with van der Waals surface area (Å²) >= 11 is 6.75. The van der Waals surface area contributed by atoms with Crippen molar-refractivity contribution in [2.75, 3.05) is 10.6 Å². The fourth-order valence-electron chi connectivity index (χ4n) is 1.73. The van der Waals surface area contributed by atoms with E-state index in [0.29, 0.717) is 16.9 Å². The van der Waals surface area contributed by atoms with Crippen LogP contribution in [-0.4, -0.2) is 11.8 Å². The maximum absolute atomic E-state index is 12.2. The first-order chi connectivity index (χ1) is 9.95. The van der Waals surface area contributed by atoms with Crippen LogP contribution in [0.15, 0.2) is 51.4 Å². The average molecular weight is 412 g/mol. The number of rotatable bonds is 3. The van der Waals surface area contributed by atoms with E-state index < -0.39 is 0 Å². The lowest BCUT2D eigenvalue weighted by molar-refractivity contribution is -0.114. The van der Waals surface area contributed by atoms with Crippen molar-refractivity contribution < 1.29 is 9.59 Å². The molecule has 2 amide bonds. The molecule has 0 unspecified atom stereocenters. The second-order valence-corrected chi connectivity index (χ2v) is 6.11. The van der Waals surface area contributed by atoms with Crippen LogP contribution in [0.2, 0.25) is 0 Å². The Bertz CT molecular complexity index is 702. The summed E-state index contributed by atoms with van der Waals surface area (Å²) in [4.78, 5) is 23.3. The van der Waals surface area contributed by atoms with Crippen molar-refractivity contribution in [2.24, 2.45) is 0 Å². The molecule has 21 heavy (non-hydrogen) atoms. The first kappa shape index (κ1) is 15.7. The maximum atomic E-state index is 12.2. The number of amides is 2. The molecule has 0 heterocycles. The van der Waals surface area contributed by atoms with Crippen molar-refractivity contribution in [1.82, 2.24) is 0 Å². The van der Waals surface area contributed by atoms with Crippen molar-refractivity contribution in [3.8, 4) is 0 Å². The molecule has 2 rings (SSSR count). The van der Waals surface area contributed by atoms with E-state index in [2.05, 4.69) is 42.5 Å². The Hall–Kier alpha value is -1.66. The summed E-state index contributed by atoms with van der Waals surface area (Å²) in [5.74, 6) is -0.423. The molecule has 0 radical (unpaired) electrons. The molecule has 108 valence electrons. The molecule has 0 spiro atoms. The van der Waals surface area contributed by atoms with Gasteiger partial charge in [-0.15, -0.1) is 0 Å². The van der Waals surface area contributed by atoms with Gasteiger partial charge in [0.15, 0.2) is 0 Å². The van der Waals surface area contributed by atoms with Crippen LogP contribution in [0.3, 0.4) is 0 Å². The van der Waals surface area contributed by atoms with Crippen LogP contribution in [0.4, 0.5) is 11.4 Å². The van der Waals surface area contributed by atoms with Crippen molar-refractivity contribution in [1.29, 1.82) is 0 Å². The largest absolute Gasteiger partial charge is 0.326 e. The Labute approximate surface area is 139 Å². The maximum Gasteiger partial charge on any atom is 0.255 e. The van der Waals surface area contributed by atoms with E-state index in [1.807, 2.05) is 12.1 Å². The van der Waals surface area contributed by atoms with Gasteiger partial charge in [0.05, 0.1) is 5.69 Å². The van der Waals surface area contributed by atoms with Crippen LogP contribution in [0, 0.1) is 0 Å². The fourth-order valence-corrected chi connectivity index (χ4v) is 2.87. The zero-order valence-electron chi connectivity index (χ0n) is 11.1. The Morgan fingerprint density at radius 1 is 1.00 bits per heavy atom. The summed E-state index contributed by atoms with van der Waals surface area (Å²) in [6.45, 7) is 1.42. The quantitative estimate of drug-likeness (QED) is 0.785. The molecule has 0 bridgehead atoms. The molecule has 2 N–H and O–H groups in total. The van der Waals surface area contributed by atoms with Crippen molar-refractivity contribution in [3.05, 3.63) is 57.0 Å². The van der Waals surface area contributed by atoms with E-state index in [-0.39, 0.29) is 11.8 Å². The number of halogens is 2. The van der Waals surface area contributed by atoms with Gasteiger partial charge in [0, 0.05) is 27.1 Å². The fraction of sp³-hybridized carbons (Fsp3) is 0.0667. The van der Waals surface area contributed by atoms with Gasteiger partial charge >= 0.3 is 0 Å². The molecule has 2 aromatic rings. The van der Waals surface area contributed by atoms with Crippen LogP contribution < -0.4 is 10.6 Å². The Morgan fingerprint density at radius 2 is 1.76 bits per heavy atom. The minimum absolute atomic E-state index is 0.178. The first-order valence-electron chi connectivity index (χ1n) is 6.10. The molecule has 0 aliphatic heterocycles. The lowest BCUT2D eigenvalue weighted by Crippen LogP contribution is -2.13. The smallest absolute Gasteiger partial charge is 0.255 e. The van der Waals surface area contributed by atoms with E-state index >= 15 is 0 Å². The highest BCUT2D eigenvalue weighted by atomic mass is 79.9. The van der Waals surface area contributed by atoms with Gasteiger partial charge in [0.25, 0.3) is 5.91 Å². The third-order valence-corrected chi connectivity index (χ3v) is 3.77. The molecule has 0 saturated heterocycles. The van der Waals surface area contributed by atoms with Crippen LogP contribution >= 0.6 is 31.9 Å². The zero-order valence-corrected chi connectivity index (χ0v) is 14.3. The highest BCUT2D eigenvalue weighted by Gasteiger charge is 2.09. The summed E-state index contributed by atoms with van der Waals surface area (Å²) in [5, 5.41) is 5.46. The summed E-state index contributed by atoms with van der Waals surface area (Å²) in [6.07, 6.45) is 0. The predicted molar refractivity (Wildman–Crippen MR) is 90.5 cm³/mol. The lowest BCUT2D eigenvalue weighted by Gasteiger charge is -2.09. The minimum atomic E-state index is -0.245. The lowest BCUT2D eigenvalue weighted by atomic mass is 10.2. The summed E-state index contributed by atoms with van der Waals surface area (Å²) in [7, 11) is 0. The Balaban J connectivity index is 2.18. The summed E-state index contributed by atoms with van der Waals surface area (Å²) in [5.41, 5.74) is 1.73. The van der Waals surface area contributed by atoms with Crippen molar-refractivity contribution in [2.45, 2.75) is 6.92 Å². The Kier molecular flexibility index (Phi) is 5.14. The number of hydrogen-bond donors (Lipinski definition) is 2. The summed E-state index contributed by atoms with van der Waals surface area (Å²) < 4.78 is 1.70. The van der Waals surface area contributed by atoms with Crippen LogP contribution in [0.5, 0.6) is 0 Å². The van der Waals surface area contributed by atoms with Gasteiger partial charge in [0.2, 0.25) is 5.91 Å². The van der Waals surface area contributed by atoms with Gasteiger partial charge in [-0.1, -0.05) is 22.0 Å². The van der Waals surface area contributed by atoms with Crippen molar-refractivity contribution >= 4 is 55.0 Å². The molecule has 0 aromatic heterocycles. The van der Waals surface area contributed by atoms with Crippen LogP contribution in [0.25, 0.3) is 0 Å². The topological polar surface area (TPSA) is 58.2 Å². The predicted octanol–water partition coefficient (Wildman–Crippen LogP) is 4.42.